The minimum Gasteiger partial charge on any atom is -0.378 e. The van der Waals surface area contributed by atoms with Gasteiger partial charge in [-0.25, -0.2) is 9.38 Å². The maximum absolute atomic E-state index is 14.8. The average Bonchev–Trinajstić information content (AvgIpc) is 3.06. The van der Waals surface area contributed by atoms with E-state index in [9.17, 15) is 4.39 Å². The van der Waals surface area contributed by atoms with Crippen LogP contribution in [0.25, 0.3) is 11.1 Å². The highest BCUT2D eigenvalue weighted by molar-refractivity contribution is 8.13. The molecule has 0 radical (unpaired) electrons. The molecule has 2 atom stereocenters. The summed E-state index contributed by atoms with van der Waals surface area (Å²) in [4.78, 5) is 8.79. The van der Waals surface area contributed by atoms with E-state index in [1.807, 2.05) is 6.07 Å². The number of aromatic nitrogens is 1. The van der Waals surface area contributed by atoms with Crippen molar-refractivity contribution in [3.05, 3.63) is 53.6 Å². The van der Waals surface area contributed by atoms with Crippen molar-refractivity contribution >= 4 is 16.9 Å². The monoisotopic (exact) mass is 367 g/mol. The van der Waals surface area contributed by atoms with Gasteiger partial charge in [0.15, 0.2) is 10.9 Å². The predicted molar refractivity (Wildman–Crippen MR) is 102 cm³/mol. The molecular weight excluding hydrogens is 349 g/mol. The van der Waals surface area contributed by atoms with Gasteiger partial charge in [0.2, 0.25) is 0 Å². The quantitative estimate of drug-likeness (QED) is 0.825. The Kier molecular flexibility index (Phi) is 4.43. The normalized spacial score (nSPS) is 24.4. The first-order valence-corrected chi connectivity index (χ1v) is 9.41. The zero-order chi connectivity index (χ0) is 18.1. The van der Waals surface area contributed by atoms with Gasteiger partial charge < -0.3 is 10.5 Å². The fourth-order valence-electron chi connectivity index (χ4n) is 3.52. The van der Waals surface area contributed by atoms with Gasteiger partial charge in [0, 0.05) is 40.8 Å². The summed E-state index contributed by atoms with van der Waals surface area (Å²) >= 11 is 1.50. The number of halogens is 1. The molecule has 2 aliphatic heterocycles. The number of hydrogen-bond acceptors (Lipinski definition) is 5. The number of thioether (sulfide) groups is 1. The van der Waals surface area contributed by atoms with Crippen LogP contribution in [0.3, 0.4) is 0 Å². The molecule has 4 nitrogen and oxygen atoms in total. The molecular formula is C20H18FN3OS. The van der Waals surface area contributed by atoms with Crippen molar-refractivity contribution < 1.29 is 9.13 Å². The Bertz CT molecular complexity index is 950. The lowest BCUT2D eigenvalue weighted by Crippen LogP contribution is -2.38. The minimum absolute atomic E-state index is 0.111. The molecule has 132 valence electrons. The van der Waals surface area contributed by atoms with Gasteiger partial charge in [-0.3, -0.25) is 4.98 Å². The molecule has 0 saturated carbocycles. The van der Waals surface area contributed by atoms with Crippen molar-refractivity contribution in [3.63, 3.8) is 0 Å². The van der Waals surface area contributed by atoms with Crippen molar-refractivity contribution in [3.8, 4) is 23.0 Å². The number of hydrogen-bond donors (Lipinski definition) is 1. The third-order valence-electron chi connectivity index (χ3n) is 4.74. The summed E-state index contributed by atoms with van der Waals surface area (Å²) in [7, 11) is 0. The lowest BCUT2D eigenvalue weighted by Gasteiger charge is -2.34. The molecule has 2 unspecified atom stereocenters. The summed E-state index contributed by atoms with van der Waals surface area (Å²) in [6, 6.07) is 6.95. The van der Waals surface area contributed by atoms with E-state index in [-0.39, 0.29) is 11.7 Å². The maximum Gasteiger partial charge on any atom is 0.194 e. The standard InChI is InChI=1S/C20H18FN3OS/c1-2-3-13-8-15(11-23-10-13)14-4-5-18(21)17(9-14)20-16(6-7-25-20)12-26-19(22)24-20/h4-5,8-11,16H,6-7,12H2,1H3,(H2,22,24). The Morgan fingerprint density at radius 1 is 1.31 bits per heavy atom. The molecule has 4 rings (SSSR count). The number of nitrogens with zero attached hydrogens (tertiary/aromatic N) is 2. The molecule has 1 saturated heterocycles. The van der Waals surface area contributed by atoms with Gasteiger partial charge in [-0.1, -0.05) is 23.7 Å². The van der Waals surface area contributed by atoms with Crippen LogP contribution in [0.15, 0.2) is 41.7 Å². The highest BCUT2D eigenvalue weighted by Gasteiger charge is 2.49. The van der Waals surface area contributed by atoms with Gasteiger partial charge in [0.25, 0.3) is 0 Å². The van der Waals surface area contributed by atoms with Crippen LogP contribution in [0.2, 0.25) is 0 Å². The van der Waals surface area contributed by atoms with E-state index in [2.05, 4.69) is 21.8 Å². The van der Waals surface area contributed by atoms with E-state index in [1.165, 1.54) is 17.8 Å². The summed E-state index contributed by atoms with van der Waals surface area (Å²) < 4.78 is 20.8. The van der Waals surface area contributed by atoms with Crippen LogP contribution in [-0.4, -0.2) is 22.5 Å². The smallest absolute Gasteiger partial charge is 0.194 e. The van der Waals surface area contributed by atoms with E-state index >= 15 is 0 Å². The zero-order valence-corrected chi connectivity index (χ0v) is 15.1. The molecule has 26 heavy (non-hydrogen) atoms. The number of rotatable bonds is 2. The number of amidine groups is 1. The van der Waals surface area contributed by atoms with Gasteiger partial charge in [-0.05, 0) is 37.1 Å². The molecule has 1 fully saturated rings. The van der Waals surface area contributed by atoms with Crippen LogP contribution >= 0.6 is 11.8 Å². The minimum atomic E-state index is -1.02. The van der Waals surface area contributed by atoms with Gasteiger partial charge in [0.05, 0.1) is 6.61 Å². The van der Waals surface area contributed by atoms with Crippen molar-refractivity contribution in [1.82, 2.24) is 4.98 Å². The van der Waals surface area contributed by atoms with Crippen molar-refractivity contribution in [2.24, 2.45) is 16.6 Å². The SMILES string of the molecule is CC#Cc1cncc(-c2ccc(F)c(C34N=C(N)SCC3CCO4)c2)c1. The number of benzene rings is 1. The summed E-state index contributed by atoms with van der Waals surface area (Å²) in [5, 5.41) is 0.440. The van der Waals surface area contributed by atoms with Crippen LogP contribution in [-0.2, 0) is 10.5 Å². The van der Waals surface area contributed by atoms with Crippen molar-refractivity contribution in [2.75, 3.05) is 12.4 Å². The topological polar surface area (TPSA) is 60.5 Å². The Morgan fingerprint density at radius 2 is 2.19 bits per heavy atom. The second-order valence-corrected chi connectivity index (χ2v) is 7.36. The van der Waals surface area contributed by atoms with Crippen LogP contribution < -0.4 is 5.73 Å². The molecule has 1 aromatic carbocycles. The molecule has 3 heterocycles. The predicted octanol–water partition coefficient (Wildman–Crippen LogP) is 3.51. The molecule has 0 spiro atoms. The molecule has 6 heteroatoms. The molecule has 0 amide bonds. The van der Waals surface area contributed by atoms with E-state index in [1.54, 1.807) is 31.5 Å². The van der Waals surface area contributed by atoms with Crippen LogP contribution in [0.5, 0.6) is 0 Å². The van der Waals surface area contributed by atoms with Gasteiger partial charge in [-0.2, -0.15) is 0 Å². The lowest BCUT2D eigenvalue weighted by molar-refractivity contribution is -0.0170. The first kappa shape index (κ1) is 17.1. The van der Waals surface area contributed by atoms with E-state index < -0.39 is 5.72 Å². The highest BCUT2D eigenvalue weighted by atomic mass is 32.2. The summed E-state index contributed by atoms with van der Waals surface area (Å²) in [6.07, 6.45) is 4.30. The van der Waals surface area contributed by atoms with E-state index in [0.29, 0.717) is 17.3 Å². The van der Waals surface area contributed by atoms with Crippen LogP contribution in [0, 0.1) is 23.6 Å². The summed E-state index contributed by atoms with van der Waals surface area (Å²) in [5.41, 5.74) is 7.91. The molecule has 2 N–H and O–H groups in total. The Balaban J connectivity index is 1.83. The number of ether oxygens (including phenoxy) is 1. The number of aliphatic imine (C=N–C) groups is 1. The van der Waals surface area contributed by atoms with E-state index in [0.717, 1.165) is 28.9 Å². The summed E-state index contributed by atoms with van der Waals surface area (Å²) in [5.74, 6) is 6.42. The van der Waals surface area contributed by atoms with Gasteiger partial charge >= 0.3 is 0 Å². The molecule has 2 aromatic rings. The number of pyridine rings is 1. The highest BCUT2D eigenvalue weighted by Crippen LogP contribution is 2.48. The van der Waals surface area contributed by atoms with Gasteiger partial charge in [0.1, 0.15) is 5.82 Å². The Morgan fingerprint density at radius 3 is 3.04 bits per heavy atom. The third-order valence-corrected chi connectivity index (χ3v) is 5.70. The molecule has 2 aliphatic rings. The van der Waals surface area contributed by atoms with Crippen molar-refractivity contribution in [2.45, 2.75) is 19.1 Å². The van der Waals surface area contributed by atoms with Gasteiger partial charge in [-0.15, -0.1) is 5.92 Å². The van der Waals surface area contributed by atoms with Crippen LogP contribution in [0.4, 0.5) is 4.39 Å². The molecule has 0 bridgehead atoms. The van der Waals surface area contributed by atoms with E-state index in [4.69, 9.17) is 10.5 Å². The van der Waals surface area contributed by atoms with Crippen molar-refractivity contribution in [1.29, 1.82) is 0 Å². The zero-order valence-electron chi connectivity index (χ0n) is 14.3. The van der Waals surface area contributed by atoms with Crippen LogP contribution in [0.1, 0.15) is 24.5 Å². The first-order valence-electron chi connectivity index (χ1n) is 8.42. The largest absolute Gasteiger partial charge is 0.378 e. The second-order valence-electron chi connectivity index (χ2n) is 6.32. The first-order chi connectivity index (χ1) is 12.6. The lowest BCUT2D eigenvalue weighted by atomic mass is 9.88. The molecule has 0 aliphatic carbocycles. The fraction of sp³-hybridized carbons (Fsp3) is 0.300. The second kappa shape index (κ2) is 6.75. The average molecular weight is 367 g/mol. The maximum atomic E-state index is 14.8. The number of fused-ring (bicyclic) bond motifs is 1. The number of nitrogens with two attached hydrogens (primary N) is 1. The third kappa shape index (κ3) is 2.87. The molecule has 1 aromatic heterocycles. The fourth-order valence-corrected chi connectivity index (χ4v) is 4.48. The Labute approximate surface area is 156 Å². The summed E-state index contributed by atoms with van der Waals surface area (Å²) in [6.45, 7) is 2.33. The Hall–Kier alpha value is -2.36.